The Hall–Kier alpha value is -0.750. The zero-order valence-electron chi connectivity index (χ0n) is 14.5. The number of esters is 2. The maximum atomic E-state index is 12.6. The molecule has 0 aromatic rings. The summed E-state index contributed by atoms with van der Waals surface area (Å²) in [7, 11) is 0. The SMILES string of the molecule is CCOC(=O)C(CCCN)(SCC1CCCCC1)C(=O)OCC. The normalized spacial score (nSPS) is 16.1. The highest BCUT2D eigenvalue weighted by Gasteiger charge is 2.49. The van der Waals surface area contributed by atoms with Crippen molar-refractivity contribution in [1.82, 2.24) is 0 Å². The third kappa shape index (κ3) is 5.99. The molecule has 0 radical (unpaired) electrons. The van der Waals surface area contributed by atoms with Crippen molar-refractivity contribution in [3.8, 4) is 0 Å². The van der Waals surface area contributed by atoms with E-state index in [0.29, 0.717) is 25.3 Å². The molecule has 0 aromatic heterocycles. The van der Waals surface area contributed by atoms with Crippen molar-refractivity contribution in [2.75, 3.05) is 25.5 Å². The first-order valence-electron chi connectivity index (χ1n) is 8.79. The second-order valence-corrected chi connectivity index (χ2v) is 7.29. The highest BCUT2D eigenvalue weighted by molar-refractivity contribution is 8.02. The van der Waals surface area contributed by atoms with Gasteiger partial charge in [-0.05, 0) is 57.7 Å². The number of carbonyl (C=O) groups excluding carboxylic acids is 2. The zero-order valence-corrected chi connectivity index (χ0v) is 15.3. The van der Waals surface area contributed by atoms with Gasteiger partial charge in [-0.3, -0.25) is 0 Å². The van der Waals surface area contributed by atoms with Crippen molar-refractivity contribution in [2.45, 2.75) is 63.5 Å². The van der Waals surface area contributed by atoms with Gasteiger partial charge >= 0.3 is 11.9 Å². The van der Waals surface area contributed by atoms with E-state index in [-0.39, 0.29) is 13.2 Å². The Bertz CT molecular complexity index is 352. The van der Waals surface area contributed by atoms with E-state index >= 15 is 0 Å². The van der Waals surface area contributed by atoms with Crippen molar-refractivity contribution in [1.29, 1.82) is 0 Å². The van der Waals surface area contributed by atoms with E-state index in [9.17, 15) is 9.59 Å². The quantitative estimate of drug-likeness (QED) is 0.484. The van der Waals surface area contributed by atoms with Crippen LogP contribution in [0.3, 0.4) is 0 Å². The first-order valence-corrected chi connectivity index (χ1v) is 9.77. The number of hydrogen-bond acceptors (Lipinski definition) is 6. The van der Waals surface area contributed by atoms with E-state index in [1.54, 1.807) is 13.8 Å². The van der Waals surface area contributed by atoms with E-state index in [2.05, 4.69) is 0 Å². The Morgan fingerprint density at radius 1 is 1.09 bits per heavy atom. The first kappa shape index (κ1) is 20.3. The molecule has 0 unspecified atom stereocenters. The van der Waals surface area contributed by atoms with Crippen LogP contribution in [0.1, 0.15) is 58.8 Å². The Kier molecular flexibility index (Phi) is 9.63. The summed E-state index contributed by atoms with van der Waals surface area (Å²) in [5.41, 5.74) is 5.61. The van der Waals surface area contributed by atoms with Gasteiger partial charge < -0.3 is 15.2 Å². The molecule has 6 heteroatoms. The maximum Gasteiger partial charge on any atom is 0.333 e. The van der Waals surface area contributed by atoms with Crippen LogP contribution in [0.5, 0.6) is 0 Å². The molecule has 0 spiro atoms. The fourth-order valence-corrected chi connectivity index (χ4v) is 4.43. The van der Waals surface area contributed by atoms with E-state index in [1.165, 1.54) is 43.9 Å². The predicted octanol–water partition coefficient (Wildman–Crippen LogP) is 2.90. The minimum Gasteiger partial charge on any atom is -0.465 e. The molecule has 0 saturated heterocycles. The third-order valence-electron chi connectivity index (χ3n) is 4.23. The summed E-state index contributed by atoms with van der Waals surface area (Å²) in [4.78, 5) is 25.2. The predicted molar refractivity (Wildman–Crippen MR) is 93.3 cm³/mol. The van der Waals surface area contributed by atoms with Gasteiger partial charge in [-0.25, -0.2) is 9.59 Å². The van der Waals surface area contributed by atoms with E-state index in [4.69, 9.17) is 15.2 Å². The molecule has 0 heterocycles. The molecule has 0 aromatic carbocycles. The van der Waals surface area contributed by atoms with Crippen LogP contribution >= 0.6 is 11.8 Å². The maximum absolute atomic E-state index is 12.6. The van der Waals surface area contributed by atoms with Crippen LogP contribution in [0, 0.1) is 5.92 Å². The molecule has 1 rings (SSSR count). The van der Waals surface area contributed by atoms with Crippen molar-refractivity contribution >= 4 is 23.7 Å². The molecule has 0 aliphatic heterocycles. The second-order valence-electron chi connectivity index (χ2n) is 5.98. The van der Waals surface area contributed by atoms with Crippen LogP contribution < -0.4 is 5.73 Å². The first-order chi connectivity index (χ1) is 11.1. The second kappa shape index (κ2) is 10.9. The number of ether oxygens (including phenoxy) is 2. The number of thioether (sulfide) groups is 1. The summed E-state index contributed by atoms with van der Waals surface area (Å²) in [6.45, 7) is 4.45. The summed E-state index contributed by atoms with van der Waals surface area (Å²) in [5, 5.41) is 0. The average molecular weight is 346 g/mol. The topological polar surface area (TPSA) is 78.6 Å². The van der Waals surface area contributed by atoms with Gasteiger partial charge in [-0.1, -0.05) is 19.3 Å². The number of hydrogen-bond donors (Lipinski definition) is 1. The third-order valence-corrected chi connectivity index (χ3v) is 5.90. The molecule has 2 N–H and O–H groups in total. The summed E-state index contributed by atoms with van der Waals surface area (Å²) < 4.78 is 9.16. The standard InChI is InChI=1S/C17H31NO4S/c1-3-21-15(19)17(11-8-12-18,16(20)22-4-2)23-13-14-9-6-5-7-10-14/h14H,3-13,18H2,1-2H3. The molecule has 1 aliphatic carbocycles. The molecule has 134 valence electrons. The van der Waals surface area contributed by atoms with Gasteiger partial charge in [-0.15, -0.1) is 11.8 Å². The van der Waals surface area contributed by atoms with Crippen molar-refractivity contribution in [3.63, 3.8) is 0 Å². The Labute approximate surface area is 144 Å². The minimum absolute atomic E-state index is 0.257. The van der Waals surface area contributed by atoms with Crippen LogP contribution in [0.15, 0.2) is 0 Å². The Morgan fingerprint density at radius 3 is 2.13 bits per heavy atom. The van der Waals surface area contributed by atoms with Crippen molar-refractivity contribution in [2.24, 2.45) is 11.7 Å². The molecule has 23 heavy (non-hydrogen) atoms. The van der Waals surface area contributed by atoms with Crippen LogP contribution in [0.4, 0.5) is 0 Å². The minimum atomic E-state index is -1.26. The van der Waals surface area contributed by atoms with Crippen LogP contribution in [0.25, 0.3) is 0 Å². The van der Waals surface area contributed by atoms with Gasteiger partial charge in [0.05, 0.1) is 13.2 Å². The Morgan fingerprint density at radius 2 is 1.65 bits per heavy atom. The largest absolute Gasteiger partial charge is 0.465 e. The molecular weight excluding hydrogens is 314 g/mol. The molecule has 1 aliphatic rings. The van der Waals surface area contributed by atoms with Crippen LogP contribution in [0.2, 0.25) is 0 Å². The van der Waals surface area contributed by atoms with Crippen LogP contribution in [-0.2, 0) is 19.1 Å². The summed E-state index contributed by atoms with van der Waals surface area (Å²) in [5.74, 6) is 0.401. The van der Waals surface area contributed by atoms with E-state index in [1.807, 2.05) is 0 Å². The fraction of sp³-hybridized carbons (Fsp3) is 0.882. The lowest BCUT2D eigenvalue weighted by Crippen LogP contribution is -2.47. The average Bonchev–Trinajstić information content (AvgIpc) is 2.56. The number of nitrogens with two attached hydrogens (primary N) is 1. The molecular formula is C17H31NO4S. The van der Waals surface area contributed by atoms with Gasteiger partial charge in [0.25, 0.3) is 0 Å². The summed E-state index contributed by atoms with van der Waals surface area (Å²) in [6.07, 6.45) is 7.07. The molecule has 0 amide bonds. The molecule has 1 fully saturated rings. The number of rotatable bonds is 10. The molecule has 0 bridgehead atoms. The zero-order chi connectivity index (χ0) is 17.1. The van der Waals surface area contributed by atoms with Gasteiger partial charge in [-0.2, -0.15) is 0 Å². The lowest BCUT2D eigenvalue weighted by molar-refractivity contribution is -0.159. The smallest absolute Gasteiger partial charge is 0.333 e. The van der Waals surface area contributed by atoms with Gasteiger partial charge in [0.1, 0.15) is 0 Å². The Balaban J connectivity index is 2.88. The van der Waals surface area contributed by atoms with Gasteiger partial charge in [0.15, 0.2) is 0 Å². The molecule has 1 saturated carbocycles. The van der Waals surface area contributed by atoms with Crippen molar-refractivity contribution in [3.05, 3.63) is 0 Å². The van der Waals surface area contributed by atoms with Gasteiger partial charge in [0.2, 0.25) is 4.75 Å². The highest BCUT2D eigenvalue weighted by atomic mass is 32.2. The van der Waals surface area contributed by atoms with E-state index < -0.39 is 16.7 Å². The van der Waals surface area contributed by atoms with Crippen molar-refractivity contribution < 1.29 is 19.1 Å². The lowest BCUT2D eigenvalue weighted by Gasteiger charge is -2.31. The highest BCUT2D eigenvalue weighted by Crippen LogP contribution is 2.38. The van der Waals surface area contributed by atoms with Crippen LogP contribution in [-0.4, -0.2) is 42.2 Å². The lowest BCUT2D eigenvalue weighted by atomic mass is 9.91. The molecule has 0 atom stereocenters. The molecule has 5 nitrogen and oxygen atoms in total. The number of carbonyl (C=O) groups is 2. The fourth-order valence-electron chi connectivity index (χ4n) is 2.94. The van der Waals surface area contributed by atoms with E-state index in [0.717, 1.165) is 5.75 Å². The summed E-state index contributed by atoms with van der Waals surface area (Å²) in [6, 6.07) is 0. The summed E-state index contributed by atoms with van der Waals surface area (Å²) >= 11 is 1.41. The van der Waals surface area contributed by atoms with Gasteiger partial charge in [0, 0.05) is 0 Å². The monoisotopic (exact) mass is 345 g/mol.